The van der Waals surface area contributed by atoms with Crippen LogP contribution >= 0.6 is 11.6 Å². The maximum absolute atomic E-state index is 11.1. The SMILES string of the molecule is C=C(C)C(=O)Oc1cc(Cl)ccc1O. The average Bonchev–Trinajstić information content (AvgIpc) is 2.11. The molecule has 0 spiro atoms. The lowest BCUT2D eigenvalue weighted by Crippen LogP contribution is -2.08. The van der Waals surface area contributed by atoms with Crippen LogP contribution < -0.4 is 4.74 Å². The van der Waals surface area contributed by atoms with Gasteiger partial charge in [-0.05, 0) is 19.1 Å². The van der Waals surface area contributed by atoms with Crippen molar-refractivity contribution in [2.24, 2.45) is 0 Å². The maximum atomic E-state index is 11.1. The van der Waals surface area contributed by atoms with Crippen molar-refractivity contribution in [3.8, 4) is 11.5 Å². The summed E-state index contributed by atoms with van der Waals surface area (Å²) in [5.74, 6) is -0.697. The molecule has 0 bridgehead atoms. The van der Waals surface area contributed by atoms with Gasteiger partial charge in [-0.3, -0.25) is 0 Å². The first kappa shape index (κ1) is 10.6. The van der Waals surface area contributed by atoms with Crippen molar-refractivity contribution in [1.29, 1.82) is 0 Å². The van der Waals surface area contributed by atoms with Crippen LogP contribution in [0.5, 0.6) is 11.5 Å². The third kappa shape index (κ3) is 2.50. The van der Waals surface area contributed by atoms with Crippen LogP contribution in [0.4, 0.5) is 0 Å². The number of esters is 1. The van der Waals surface area contributed by atoms with Crippen molar-refractivity contribution >= 4 is 17.6 Å². The summed E-state index contributed by atoms with van der Waals surface area (Å²) in [7, 11) is 0. The molecule has 0 heterocycles. The number of hydrogen-bond donors (Lipinski definition) is 1. The molecular weight excluding hydrogens is 204 g/mol. The minimum atomic E-state index is -0.595. The zero-order valence-corrected chi connectivity index (χ0v) is 8.34. The fourth-order valence-electron chi connectivity index (χ4n) is 0.757. The molecule has 0 unspecified atom stereocenters. The van der Waals surface area contributed by atoms with Crippen LogP contribution in [0.25, 0.3) is 0 Å². The molecule has 0 radical (unpaired) electrons. The van der Waals surface area contributed by atoms with E-state index in [4.69, 9.17) is 16.3 Å². The van der Waals surface area contributed by atoms with Crippen molar-refractivity contribution in [3.05, 3.63) is 35.4 Å². The summed E-state index contributed by atoms with van der Waals surface area (Å²) in [5, 5.41) is 9.68. The van der Waals surface area contributed by atoms with Crippen molar-refractivity contribution in [2.45, 2.75) is 6.92 Å². The van der Waals surface area contributed by atoms with Crippen LogP contribution in [0.15, 0.2) is 30.4 Å². The molecule has 0 aliphatic carbocycles. The molecule has 1 rings (SSSR count). The van der Waals surface area contributed by atoms with Gasteiger partial charge in [-0.2, -0.15) is 0 Å². The predicted octanol–water partition coefficient (Wildman–Crippen LogP) is 2.53. The van der Waals surface area contributed by atoms with E-state index < -0.39 is 5.97 Å². The Hall–Kier alpha value is -1.48. The molecule has 0 fully saturated rings. The number of halogens is 1. The molecule has 1 N–H and O–H groups in total. The van der Waals surface area contributed by atoms with Gasteiger partial charge in [-0.25, -0.2) is 4.79 Å². The standard InChI is InChI=1S/C10H9ClO3/c1-6(2)10(13)14-9-5-7(11)3-4-8(9)12/h3-5,12H,1H2,2H3. The van der Waals surface area contributed by atoms with Gasteiger partial charge in [0.1, 0.15) is 0 Å². The third-order valence-electron chi connectivity index (χ3n) is 1.47. The molecule has 14 heavy (non-hydrogen) atoms. The van der Waals surface area contributed by atoms with E-state index in [0.29, 0.717) is 5.02 Å². The second kappa shape index (κ2) is 4.15. The first-order chi connectivity index (χ1) is 6.50. The average molecular weight is 213 g/mol. The van der Waals surface area contributed by atoms with Gasteiger partial charge in [0.2, 0.25) is 0 Å². The number of benzene rings is 1. The molecule has 0 aromatic heterocycles. The second-order valence-corrected chi connectivity index (χ2v) is 3.22. The van der Waals surface area contributed by atoms with Crippen molar-refractivity contribution < 1.29 is 14.6 Å². The molecule has 4 heteroatoms. The number of rotatable bonds is 2. The van der Waals surface area contributed by atoms with E-state index >= 15 is 0 Å². The predicted molar refractivity (Wildman–Crippen MR) is 53.6 cm³/mol. The minimum absolute atomic E-state index is 0.0329. The van der Waals surface area contributed by atoms with Gasteiger partial charge in [0, 0.05) is 16.7 Å². The quantitative estimate of drug-likeness (QED) is 0.466. The van der Waals surface area contributed by atoms with Crippen molar-refractivity contribution in [3.63, 3.8) is 0 Å². The van der Waals surface area contributed by atoms with E-state index in [1.165, 1.54) is 25.1 Å². The Bertz CT molecular complexity index is 385. The minimum Gasteiger partial charge on any atom is -0.504 e. The van der Waals surface area contributed by atoms with Crippen LogP contribution in [0.3, 0.4) is 0 Å². The summed E-state index contributed by atoms with van der Waals surface area (Å²) in [4.78, 5) is 11.1. The number of ether oxygens (including phenoxy) is 1. The maximum Gasteiger partial charge on any atom is 0.338 e. The Balaban J connectivity index is 2.91. The summed E-state index contributed by atoms with van der Waals surface area (Å²) in [5.41, 5.74) is 0.254. The van der Waals surface area contributed by atoms with Crippen molar-refractivity contribution in [2.75, 3.05) is 0 Å². The third-order valence-corrected chi connectivity index (χ3v) is 1.71. The number of carbonyl (C=O) groups is 1. The summed E-state index contributed by atoms with van der Waals surface area (Å²) >= 11 is 5.66. The normalized spacial score (nSPS) is 9.57. The first-order valence-corrected chi connectivity index (χ1v) is 4.24. The number of carbonyl (C=O) groups excluding carboxylic acids is 1. The highest BCUT2D eigenvalue weighted by molar-refractivity contribution is 6.30. The van der Waals surface area contributed by atoms with Crippen LogP contribution in [0, 0.1) is 0 Å². The zero-order chi connectivity index (χ0) is 10.7. The van der Waals surface area contributed by atoms with Gasteiger partial charge in [0.25, 0.3) is 0 Å². The Labute approximate surface area is 86.6 Å². The molecule has 0 atom stereocenters. The van der Waals surface area contributed by atoms with E-state index in [0.717, 1.165) is 0 Å². The highest BCUT2D eigenvalue weighted by atomic mass is 35.5. The Kier molecular flexibility index (Phi) is 3.14. The van der Waals surface area contributed by atoms with E-state index in [1.54, 1.807) is 0 Å². The number of aromatic hydroxyl groups is 1. The Morgan fingerprint density at radius 3 is 2.79 bits per heavy atom. The van der Waals surface area contributed by atoms with E-state index in [2.05, 4.69) is 6.58 Å². The molecule has 1 aromatic carbocycles. The van der Waals surface area contributed by atoms with Crippen LogP contribution in [-0.4, -0.2) is 11.1 Å². The lowest BCUT2D eigenvalue weighted by molar-refractivity contribution is -0.130. The van der Waals surface area contributed by atoms with Crippen LogP contribution in [0.2, 0.25) is 5.02 Å². The zero-order valence-electron chi connectivity index (χ0n) is 7.58. The van der Waals surface area contributed by atoms with E-state index in [9.17, 15) is 9.90 Å². The molecule has 74 valence electrons. The summed E-state index contributed by atoms with van der Waals surface area (Å²) in [6.07, 6.45) is 0. The molecule has 0 saturated heterocycles. The largest absolute Gasteiger partial charge is 0.504 e. The summed E-state index contributed by atoms with van der Waals surface area (Å²) < 4.78 is 4.81. The van der Waals surface area contributed by atoms with E-state index in [-0.39, 0.29) is 17.1 Å². The molecule has 0 saturated carbocycles. The number of phenols is 1. The summed E-state index contributed by atoms with van der Waals surface area (Å²) in [6.45, 7) is 4.93. The lowest BCUT2D eigenvalue weighted by atomic mass is 10.3. The highest BCUT2D eigenvalue weighted by Gasteiger charge is 2.09. The van der Waals surface area contributed by atoms with E-state index in [1.807, 2.05) is 0 Å². The smallest absolute Gasteiger partial charge is 0.338 e. The molecule has 3 nitrogen and oxygen atoms in total. The van der Waals surface area contributed by atoms with Crippen molar-refractivity contribution in [1.82, 2.24) is 0 Å². The first-order valence-electron chi connectivity index (χ1n) is 3.87. The fraction of sp³-hybridized carbons (Fsp3) is 0.100. The molecule has 0 aliphatic rings. The molecule has 0 amide bonds. The highest BCUT2D eigenvalue weighted by Crippen LogP contribution is 2.29. The second-order valence-electron chi connectivity index (χ2n) is 2.78. The lowest BCUT2D eigenvalue weighted by Gasteiger charge is -2.05. The van der Waals surface area contributed by atoms with Gasteiger partial charge in [0.15, 0.2) is 11.5 Å². The van der Waals surface area contributed by atoms with Gasteiger partial charge >= 0.3 is 5.97 Å². The Morgan fingerprint density at radius 1 is 1.57 bits per heavy atom. The fourth-order valence-corrected chi connectivity index (χ4v) is 0.919. The number of phenolic OH excluding ortho intramolecular Hbond substituents is 1. The number of hydrogen-bond acceptors (Lipinski definition) is 3. The van der Waals surface area contributed by atoms with Gasteiger partial charge in [-0.1, -0.05) is 18.2 Å². The molecule has 1 aromatic rings. The van der Waals surface area contributed by atoms with Crippen LogP contribution in [0.1, 0.15) is 6.92 Å². The Morgan fingerprint density at radius 2 is 2.21 bits per heavy atom. The van der Waals surface area contributed by atoms with Crippen LogP contribution in [-0.2, 0) is 4.79 Å². The van der Waals surface area contributed by atoms with Gasteiger partial charge < -0.3 is 9.84 Å². The monoisotopic (exact) mass is 212 g/mol. The van der Waals surface area contributed by atoms with Gasteiger partial charge in [0.05, 0.1) is 0 Å². The van der Waals surface area contributed by atoms with Gasteiger partial charge in [-0.15, -0.1) is 0 Å². The summed E-state index contributed by atoms with van der Waals surface area (Å²) in [6, 6.07) is 4.20. The molecular formula is C10H9ClO3. The topological polar surface area (TPSA) is 46.5 Å². The molecule has 0 aliphatic heterocycles.